The van der Waals surface area contributed by atoms with Gasteiger partial charge in [0, 0.05) is 13.1 Å². The molecule has 0 saturated carbocycles. The van der Waals surface area contributed by atoms with E-state index in [9.17, 15) is 9.59 Å². The summed E-state index contributed by atoms with van der Waals surface area (Å²) in [7, 11) is 0. The van der Waals surface area contributed by atoms with Crippen LogP contribution in [0.3, 0.4) is 0 Å². The van der Waals surface area contributed by atoms with Crippen LogP contribution in [0.5, 0.6) is 0 Å². The van der Waals surface area contributed by atoms with E-state index < -0.39 is 0 Å². The molecule has 3 aromatic rings. The van der Waals surface area contributed by atoms with Gasteiger partial charge in [0.25, 0.3) is 5.56 Å². The minimum Gasteiger partial charge on any atom is -0.355 e. The van der Waals surface area contributed by atoms with Crippen LogP contribution >= 0.6 is 11.8 Å². The predicted molar refractivity (Wildman–Crippen MR) is 103 cm³/mol. The second kappa shape index (κ2) is 7.70. The van der Waals surface area contributed by atoms with Crippen molar-refractivity contribution in [3.63, 3.8) is 0 Å². The van der Waals surface area contributed by atoms with Crippen molar-refractivity contribution in [1.82, 2.24) is 14.9 Å². The lowest BCUT2D eigenvalue weighted by molar-refractivity contribution is -0.118. The second-order valence-corrected chi connectivity index (χ2v) is 6.74. The number of nitrogens with one attached hydrogen (secondary N) is 1. The van der Waals surface area contributed by atoms with Crippen LogP contribution < -0.4 is 10.9 Å². The van der Waals surface area contributed by atoms with E-state index in [1.807, 2.05) is 50.2 Å². The topological polar surface area (TPSA) is 64.0 Å². The van der Waals surface area contributed by atoms with Crippen molar-refractivity contribution in [2.75, 3.05) is 12.3 Å². The predicted octanol–water partition coefficient (Wildman–Crippen LogP) is 3.19. The zero-order valence-electron chi connectivity index (χ0n) is 14.4. The summed E-state index contributed by atoms with van der Waals surface area (Å²) in [6.45, 7) is 5.11. The van der Waals surface area contributed by atoms with Gasteiger partial charge in [0.05, 0.1) is 16.7 Å². The maximum absolute atomic E-state index is 12.8. The van der Waals surface area contributed by atoms with Gasteiger partial charge in [0.1, 0.15) is 0 Å². The van der Waals surface area contributed by atoms with Gasteiger partial charge in [-0.2, -0.15) is 0 Å². The number of rotatable bonds is 6. The molecule has 0 atom stereocenters. The first kappa shape index (κ1) is 17.5. The number of carbonyl (C=O) groups excluding carboxylic acids is 1. The van der Waals surface area contributed by atoms with Gasteiger partial charge >= 0.3 is 0 Å². The van der Waals surface area contributed by atoms with Crippen LogP contribution in [0.4, 0.5) is 0 Å². The van der Waals surface area contributed by atoms with Gasteiger partial charge < -0.3 is 5.32 Å². The maximum atomic E-state index is 12.8. The Balaban J connectivity index is 2.01. The molecule has 1 N–H and O–H groups in total. The zero-order valence-corrected chi connectivity index (χ0v) is 15.2. The SMILES string of the molecule is CCCNC(=O)CSc1nc2cc3ccccc3cc2c(=O)n1CC. The van der Waals surface area contributed by atoms with Crippen molar-refractivity contribution < 1.29 is 4.79 Å². The number of aromatic nitrogens is 2. The van der Waals surface area contributed by atoms with E-state index in [4.69, 9.17) is 0 Å². The molecule has 0 unspecified atom stereocenters. The maximum Gasteiger partial charge on any atom is 0.262 e. The highest BCUT2D eigenvalue weighted by atomic mass is 32.2. The quantitative estimate of drug-likeness (QED) is 0.419. The van der Waals surface area contributed by atoms with E-state index in [1.54, 1.807) is 4.57 Å². The van der Waals surface area contributed by atoms with Crippen molar-refractivity contribution in [3.8, 4) is 0 Å². The van der Waals surface area contributed by atoms with Crippen molar-refractivity contribution in [2.45, 2.75) is 32.0 Å². The molecule has 0 saturated heterocycles. The van der Waals surface area contributed by atoms with E-state index in [0.29, 0.717) is 29.1 Å². The van der Waals surface area contributed by atoms with Crippen LogP contribution in [-0.2, 0) is 11.3 Å². The second-order valence-electron chi connectivity index (χ2n) is 5.80. The fourth-order valence-electron chi connectivity index (χ4n) is 2.72. The van der Waals surface area contributed by atoms with E-state index in [0.717, 1.165) is 17.2 Å². The average molecular weight is 355 g/mol. The summed E-state index contributed by atoms with van der Waals surface area (Å²) in [4.78, 5) is 29.4. The molecule has 1 heterocycles. The van der Waals surface area contributed by atoms with Gasteiger partial charge in [0.15, 0.2) is 5.16 Å². The molecule has 1 amide bonds. The zero-order chi connectivity index (χ0) is 17.8. The normalized spacial score (nSPS) is 11.1. The Bertz CT molecular complexity index is 981. The van der Waals surface area contributed by atoms with Crippen LogP contribution in [0.1, 0.15) is 20.3 Å². The molecule has 0 fully saturated rings. The first-order valence-corrected chi connectivity index (χ1v) is 9.45. The van der Waals surface area contributed by atoms with E-state index in [1.165, 1.54) is 11.8 Å². The van der Waals surface area contributed by atoms with Gasteiger partial charge in [-0.05, 0) is 36.2 Å². The standard InChI is InChI=1S/C19H21N3O2S/c1-3-9-20-17(23)12-25-19-21-16-11-14-8-6-5-7-13(14)10-15(16)18(24)22(19)4-2/h5-8,10-11H,3-4,9,12H2,1-2H3,(H,20,23). The lowest BCUT2D eigenvalue weighted by atomic mass is 10.1. The van der Waals surface area contributed by atoms with Crippen molar-refractivity contribution in [1.29, 1.82) is 0 Å². The number of thioether (sulfide) groups is 1. The molecule has 0 aliphatic rings. The highest BCUT2D eigenvalue weighted by Crippen LogP contribution is 2.22. The third-order valence-electron chi connectivity index (χ3n) is 4.01. The first-order valence-electron chi connectivity index (χ1n) is 8.47. The number of amides is 1. The van der Waals surface area contributed by atoms with Crippen LogP contribution in [0.15, 0.2) is 46.3 Å². The Morgan fingerprint density at radius 2 is 1.92 bits per heavy atom. The molecule has 1 aromatic heterocycles. The molecule has 130 valence electrons. The number of nitrogens with zero attached hydrogens (tertiary/aromatic N) is 2. The van der Waals surface area contributed by atoms with Gasteiger partial charge in [-0.25, -0.2) is 4.98 Å². The third kappa shape index (κ3) is 3.69. The first-order chi connectivity index (χ1) is 12.1. The van der Waals surface area contributed by atoms with Crippen LogP contribution in [0.2, 0.25) is 0 Å². The van der Waals surface area contributed by atoms with Crippen molar-refractivity contribution in [2.24, 2.45) is 0 Å². The Morgan fingerprint density at radius 3 is 2.60 bits per heavy atom. The van der Waals surface area contributed by atoms with Crippen LogP contribution in [0.25, 0.3) is 21.7 Å². The summed E-state index contributed by atoms with van der Waals surface area (Å²) < 4.78 is 1.63. The molecule has 3 rings (SSSR count). The summed E-state index contributed by atoms with van der Waals surface area (Å²) in [5.74, 6) is 0.216. The fourth-order valence-corrected chi connectivity index (χ4v) is 3.62. The van der Waals surface area contributed by atoms with Crippen LogP contribution in [0, 0.1) is 0 Å². The minimum atomic E-state index is -0.0604. The average Bonchev–Trinajstić information content (AvgIpc) is 2.63. The molecule has 2 aromatic carbocycles. The van der Waals surface area contributed by atoms with Gasteiger partial charge in [-0.3, -0.25) is 14.2 Å². The molecule has 0 radical (unpaired) electrons. The van der Waals surface area contributed by atoms with E-state index in [-0.39, 0.29) is 17.2 Å². The minimum absolute atomic E-state index is 0.0395. The highest BCUT2D eigenvalue weighted by molar-refractivity contribution is 7.99. The fraction of sp³-hybridized carbons (Fsp3) is 0.316. The molecule has 0 aliphatic carbocycles. The Hall–Kier alpha value is -2.34. The van der Waals surface area contributed by atoms with Crippen LogP contribution in [-0.4, -0.2) is 27.8 Å². The monoisotopic (exact) mass is 355 g/mol. The number of benzene rings is 2. The summed E-state index contributed by atoms with van der Waals surface area (Å²) in [6, 6.07) is 11.8. The van der Waals surface area contributed by atoms with Crippen molar-refractivity contribution >= 4 is 39.3 Å². The lowest BCUT2D eigenvalue weighted by Crippen LogP contribution is -2.27. The summed E-state index contributed by atoms with van der Waals surface area (Å²) in [6.07, 6.45) is 0.900. The molecule has 5 nitrogen and oxygen atoms in total. The number of carbonyl (C=O) groups is 1. The summed E-state index contributed by atoms with van der Waals surface area (Å²) in [5.41, 5.74) is 0.611. The number of fused-ring (bicyclic) bond motifs is 2. The van der Waals surface area contributed by atoms with E-state index >= 15 is 0 Å². The smallest absolute Gasteiger partial charge is 0.262 e. The molecule has 6 heteroatoms. The largest absolute Gasteiger partial charge is 0.355 e. The third-order valence-corrected chi connectivity index (χ3v) is 4.98. The number of hydrogen-bond donors (Lipinski definition) is 1. The molecule has 0 aliphatic heterocycles. The molecule has 0 bridgehead atoms. The molecule has 25 heavy (non-hydrogen) atoms. The molecular weight excluding hydrogens is 334 g/mol. The lowest BCUT2D eigenvalue weighted by Gasteiger charge is -2.12. The van der Waals surface area contributed by atoms with Gasteiger partial charge in [-0.15, -0.1) is 0 Å². The number of hydrogen-bond acceptors (Lipinski definition) is 4. The highest BCUT2D eigenvalue weighted by Gasteiger charge is 2.13. The van der Waals surface area contributed by atoms with Gasteiger partial charge in [-0.1, -0.05) is 43.0 Å². The Labute approximate surface area is 150 Å². The summed E-state index contributed by atoms with van der Waals surface area (Å²) >= 11 is 1.30. The van der Waals surface area contributed by atoms with Gasteiger partial charge in [0.2, 0.25) is 5.91 Å². The Morgan fingerprint density at radius 1 is 1.20 bits per heavy atom. The summed E-state index contributed by atoms with van der Waals surface area (Å²) in [5, 5.41) is 6.11. The Kier molecular flexibility index (Phi) is 5.38. The molecular formula is C19H21N3O2S. The molecule has 0 spiro atoms. The van der Waals surface area contributed by atoms with Crippen molar-refractivity contribution in [3.05, 3.63) is 46.8 Å². The van der Waals surface area contributed by atoms with E-state index in [2.05, 4.69) is 10.3 Å².